The molecule has 1 saturated heterocycles. The number of amides is 1. The molecule has 0 aliphatic carbocycles. The van der Waals surface area contributed by atoms with Gasteiger partial charge in [-0.25, -0.2) is 0 Å². The van der Waals surface area contributed by atoms with Gasteiger partial charge in [0, 0.05) is 25.8 Å². The van der Waals surface area contributed by atoms with Crippen molar-refractivity contribution >= 4 is 23.2 Å². The van der Waals surface area contributed by atoms with Gasteiger partial charge in [-0.05, 0) is 30.7 Å². The van der Waals surface area contributed by atoms with Crippen LogP contribution in [0.3, 0.4) is 0 Å². The van der Waals surface area contributed by atoms with E-state index in [1.165, 1.54) is 0 Å². The fraction of sp³-hybridized carbons (Fsp3) is 0.350. The average molecular weight is 387 g/mol. The molecule has 1 unspecified atom stereocenters. The SMILES string of the molecule is CC1=CC=CN2C1=C(CN1CCOCC1)NC2C(=O)Nc1ccccc1Cl. The van der Waals surface area contributed by atoms with Gasteiger partial charge in [0.1, 0.15) is 0 Å². The molecule has 0 spiro atoms. The fourth-order valence-corrected chi connectivity index (χ4v) is 3.79. The Kier molecular flexibility index (Phi) is 5.20. The van der Waals surface area contributed by atoms with E-state index >= 15 is 0 Å². The summed E-state index contributed by atoms with van der Waals surface area (Å²) in [4.78, 5) is 17.3. The smallest absolute Gasteiger partial charge is 0.268 e. The minimum Gasteiger partial charge on any atom is -0.379 e. The molecule has 1 atom stereocenters. The molecule has 7 heteroatoms. The molecule has 0 bridgehead atoms. The molecule has 3 aliphatic rings. The minimum atomic E-state index is -0.507. The Morgan fingerprint density at radius 3 is 2.89 bits per heavy atom. The van der Waals surface area contributed by atoms with Crippen molar-refractivity contribution in [1.82, 2.24) is 15.1 Å². The second kappa shape index (κ2) is 7.76. The molecule has 1 fully saturated rings. The number of morpholine rings is 1. The maximum Gasteiger partial charge on any atom is 0.268 e. The molecule has 0 aromatic heterocycles. The summed E-state index contributed by atoms with van der Waals surface area (Å²) in [6.07, 6.45) is 5.47. The average Bonchev–Trinajstić information content (AvgIpc) is 3.04. The Morgan fingerprint density at radius 1 is 1.33 bits per heavy atom. The van der Waals surface area contributed by atoms with E-state index in [4.69, 9.17) is 16.3 Å². The number of para-hydroxylation sites is 1. The summed E-state index contributed by atoms with van der Waals surface area (Å²) >= 11 is 6.19. The van der Waals surface area contributed by atoms with Crippen LogP contribution < -0.4 is 10.6 Å². The first-order valence-corrected chi connectivity index (χ1v) is 9.50. The van der Waals surface area contributed by atoms with Gasteiger partial charge in [-0.1, -0.05) is 29.8 Å². The highest BCUT2D eigenvalue weighted by atomic mass is 35.5. The molecule has 1 aromatic rings. The first-order valence-electron chi connectivity index (χ1n) is 9.12. The third-order valence-electron chi connectivity index (χ3n) is 4.97. The summed E-state index contributed by atoms with van der Waals surface area (Å²) in [5.41, 5.74) is 3.89. The van der Waals surface area contributed by atoms with E-state index in [0.717, 1.165) is 49.8 Å². The summed E-state index contributed by atoms with van der Waals surface area (Å²) in [5.74, 6) is -0.142. The number of hydrogen-bond acceptors (Lipinski definition) is 5. The molecule has 1 amide bonds. The lowest BCUT2D eigenvalue weighted by atomic mass is 10.1. The van der Waals surface area contributed by atoms with Crippen molar-refractivity contribution in [2.24, 2.45) is 0 Å². The number of carbonyl (C=O) groups excluding carboxylic acids is 1. The van der Waals surface area contributed by atoms with Crippen LogP contribution in [0.2, 0.25) is 5.02 Å². The number of nitrogens with one attached hydrogen (secondary N) is 2. The fourth-order valence-electron chi connectivity index (χ4n) is 3.61. The van der Waals surface area contributed by atoms with Gasteiger partial charge in [-0.15, -0.1) is 0 Å². The predicted octanol–water partition coefficient (Wildman–Crippen LogP) is 2.53. The highest BCUT2D eigenvalue weighted by molar-refractivity contribution is 6.33. The second-order valence-electron chi connectivity index (χ2n) is 6.83. The van der Waals surface area contributed by atoms with Crippen LogP contribution in [0.5, 0.6) is 0 Å². The Hall–Kier alpha value is -2.28. The molecule has 0 saturated carbocycles. The number of anilines is 1. The van der Waals surface area contributed by atoms with Crippen molar-refractivity contribution in [2.75, 3.05) is 38.2 Å². The third-order valence-corrected chi connectivity index (χ3v) is 5.29. The topological polar surface area (TPSA) is 56.8 Å². The largest absolute Gasteiger partial charge is 0.379 e. The van der Waals surface area contributed by atoms with Crippen LogP contribution >= 0.6 is 11.6 Å². The van der Waals surface area contributed by atoms with Crippen LogP contribution in [-0.4, -0.2) is 54.7 Å². The van der Waals surface area contributed by atoms with Crippen LogP contribution in [0.4, 0.5) is 5.69 Å². The van der Waals surface area contributed by atoms with Crippen molar-refractivity contribution in [2.45, 2.75) is 13.1 Å². The van der Waals surface area contributed by atoms with E-state index in [1.807, 2.05) is 29.3 Å². The first kappa shape index (κ1) is 18.1. The maximum absolute atomic E-state index is 13.0. The second-order valence-corrected chi connectivity index (χ2v) is 7.24. The Bertz CT molecular complexity index is 827. The Balaban J connectivity index is 1.54. The summed E-state index contributed by atoms with van der Waals surface area (Å²) in [6.45, 7) is 6.13. The normalized spacial score (nSPS) is 22.4. The monoisotopic (exact) mass is 386 g/mol. The lowest BCUT2D eigenvalue weighted by Gasteiger charge is -2.27. The molecule has 4 rings (SSSR count). The van der Waals surface area contributed by atoms with Crippen LogP contribution in [-0.2, 0) is 9.53 Å². The molecule has 3 aliphatic heterocycles. The molecular formula is C20H23ClN4O2. The Morgan fingerprint density at radius 2 is 2.11 bits per heavy atom. The van der Waals surface area contributed by atoms with Gasteiger partial charge in [-0.2, -0.15) is 0 Å². The standard InChI is InChI=1S/C20H23ClN4O2/c1-14-5-4-8-25-18(14)17(13-24-9-11-27-12-10-24)22-19(25)20(26)23-16-7-3-2-6-15(16)21/h2-8,19,22H,9-13H2,1H3,(H,23,26). The summed E-state index contributed by atoms with van der Waals surface area (Å²) < 4.78 is 5.44. The zero-order chi connectivity index (χ0) is 18.8. The van der Waals surface area contributed by atoms with Crippen LogP contribution in [0.1, 0.15) is 6.92 Å². The molecule has 0 radical (unpaired) electrons. The van der Waals surface area contributed by atoms with E-state index in [0.29, 0.717) is 10.7 Å². The van der Waals surface area contributed by atoms with E-state index in [-0.39, 0.29) is 5.91 Å². The number of hydrogen-bond donors (Lipinski definition) is 2. The molecule has 6 nitrogen and oxygen atoms in total. The number of carbonyl (C=O) groups is 1. The van der Waals surface area contributed by atoms with Crippen LogP contribution in [0.15, 0.2) is 59.6 Å². The number of allylic oxidation sites excluding steroid dienone is 3. The first-order chi connectivity index (χ1) is 13.1. The van der Waals surface area contributed by atoms with Crippen LogP contribution in [0, 0.1) is 0 Å². The van der Waals surface area contributed by atoms with E-state index < -0.39 is 6.17 Å². The van der Waals surface area contributed by atoms with Gasteiger partial charge in [0.25, 0.3) is 5.91 Å². The van der Waals surface area contributed by atoms with E-state index in [1.54, 1.807) is 12.1 Å². The Labute approximate surface area is 164 Å². The summed E-state index contributed by atoms with van der Waals surface area (Å²) in [7, 11) is 0. The predicted molar refractivity (Wildman–Crippen MR) is 106 cm³/mol. The van der Waals surface area contributed by atoms with Crippen molar-refractivity contribution in [3.63, 3.8) is 0 Å². The lowest BCUT2D eigenvalue weighted by molar-refractivity contribution is -0.120. The molecule has 2 N–H and O–H groups in total. The van der Waals surface area contributed by atoms with E-state index in [9.17, 15) is 4.79 Å². The number of benzene rings is 1. The minimum absolute atomic E-state index is 0.142. The third kappa shape index (κ3) is 3.74. The van der Waals surface area contributed by atoms with Crippen molar-refractivity contribution < 1.29 is 9.53 Å². The maximum atomic E-state index is 13.0. The molecule has 27 heavy (non-hydrogen) atoms. The van der Waals surface area contributed by atoms with Gasteiger partial charge < -0.3 is 20.3 Å². The number of ether oxygens (including phenoxy) is 1. The van der Waals surface area contributed by atoms with E-state index in [2.05, 4.69) is 28.5 Å². The summed E-state index contributed by atoms with van der Waals surface area (Å²) in [6, 6.07) is 7.26. The number of halogens is 1. The molecule has 3 heterocycles. The summed E-state index contributed by atoms with van der Waals surface area (Å²) in [5, 5.41) is 6.89. The van der Waals surface area contributed by atoms with Crippen LogP contribution in [0.25, 0.3) is 0 Å². The highest BCUT2D eigenvalue weighted by Crippen LogP contribution is 2.31. The molecule has 142 valence electrons. The van der Waals surface area contributed by atoms with Gasteiger partial charge in [0.2, 0.25) is 0 Å². The zero-order valence-corrected chi connectivity index (χ0v) is 16.0. The van der Waals surface area contributed by atoms with Crippen molar-refractivity contribution in [3.05, 3.63) is 64.6 Å². The molecular weight excluding hydrogens is 364 g/mol. The number of nitrogens with zero attached hydrogens (tertiary/aromatic N) is 2. The highest BCUT2D eigenvalue weighted by Gasteiger charge is 2.37. The van der Waals surface area contributed by atoms with Gasteiger partial charge >= 0.3 is 0 Å². The quantitative estimate of drug-likeness (QED) is 0.832. The number of fused-ring (bicyclic) bond motifs is 1. The zero-order valence-electron chi connectivity index (χ0n) is 15.2. The number of rotatable bonds is 4. The van der Waals surface area contributed by atoms with Gasteiger partial charge in [-0.3, -0.25) is 9.69 Å². The van der Waals surface area contributed by atoms with Crippen molar-refractivity contribution in [3.8, 4) is 0 Å². The lowest BCUT2D eigenvalue weighted by Crippen LogP contribution is -2.46. The molecule has 1 aromatic carbocycles. The van der Waals surface area contributed by atoms with Gasteiger partial charge in [0.15, 0.2) is 6.17 Å². The van der Waals surface area contributed by atoms with Gasteiger partial charge in [0.05, 0.1) is 35.3 Å². The van der Waals surface area contributed by atoms with Crippen molar-refractivity contribution in [1.29, 1.82) is 0 Å².